The smallest absolute Gasteiger partial charge is 0.171 e. The van der Waals surface area contributed by atoms with E-state index in [1.807, 2.05) is 6.92 Å². The predicted octanol–water partition coefficient (Wildman–Crippen LogP) is 2.83. The first-order chi connectivity index (χ1) is 8.67. The molecule has 18 heavy (non-hydrogen) atoms. The molecule has 1 fully saturated rings. The predicted molar refractivity (Wildman–Crippen MR) is 65.4 cm³/mol. The van der Waals surface area contributed by atoms with Crippen molar-refractivity contribution in [3.05, 3.63) is 29.6 Å². The van der Waals surface area contributed by atoms with E-state index in [2.05, 4.69) is 0 Å². The second kappa shape index (κ2) is 5.48. The van der Waals surface area contributed by atoms with Crippen LogP contribution < -0.4 is 4.74 Å². The fraction of sp³-hybridized carbons (Fsp3) is 0.500. The summed E-state index contributed by atoms with van der Waals surface area (Å²) in [6.07, 6.45) is 1.36. The second-order valence-electron chi connectivity index (χ2n) is 4.42. The van der Waals surface area contributed by atoms with Gasteiger partial charge in [0.05, 0.1) is 24.7 Å². The van der Waals surface area contributed by atoms with Crippen LogP contribution in [0.1, 0.15) is 30.1 Å². The van der Waals surface area contributed by atoms with Crippen molar-refractivity contribution in [2.24, 2.45) is 5.92 Å². The van der Waals surface area contributed by atoms with Crippen molar-refractivity contribution < 1.29 is 18.7 Å². The molecule has 98 valence electrons. The zero-order chi connectivity index (χ0) is 13.1. The summed E-state index contributed by atoms with van der Waals surface area (Å²) in [6.45, 7) is 2.55. The quantitative estimate of drug-likeness (QED) is 0.773. The molecule has 0 saturated carbocycles. The van der Waals surface area contributed by atoms with Crippen LogP contribution >= 0.6 is 0 Å². The number of rotatable bonds is 4. The molecule has 2 unspecified atom stereocenters. The van der Waals surface area contributed by atoms with E-state index in [1.54, 1.807) is 6.07 Å². The van der Waals surface area contributed by atoms with E-state index in [1.165, 1.54) is 19.2 Å². The molecule has 1 aromatic rings. The Morgan fingerprint density at radius 1 is 1.56 bits per heavy atom. The van der Waals surface area contributed by atoms with Crippen molar-refractivity contribution in [1.82, 2.24) is 0 Å². The highest BCUT2D eigenvalue weighted by molar-refractivity contribution is 5.98. The molecule has 0 N–H and O–H groups in total. The normalized spacial score (nSPS) is 23.1. The minimum atomic E-state index is -0.527. The van der Waals surface area contributed by atoms with Gasteiger partial charge in [-0.05, 0) is 25.0 Å². The number of halogens is 1. The van der Waals surface area contributed by atoms with Crippen molar-refractivity contribution in [3.8, 4) is 5.75 Å². The molecule has 4 heteroatoms. The fourth-order valence-electron chi connectivity index (χ4n) is 2.37. The van der Waals surface area contributed by atoms with Gasteiger partial charge in [-0.3, -0.25) is 4.79 Å². The van der Waals surface area contributed by atoms with Crippen molar-refractivity contribution in [3.63, 3.8) is 0 Å². The maximum atomic E-state index is 13.8. The Hall–Kier alpha value is -1.42. The van der Waals surface area contributed by atoms with Crippen LogP contribution in [0.5, 0.6) is 5.75 Å². The molecule has 2 rings (SSSR count). The first-order valence-electron chi connectivity index (χ1n) is 6.16. The summed E-state index contributed by atoms with van der Waals surface area (Å²) in [5.41, 5.74) is 0.129. The third kappa shape index (κ3) is 2.38. The fourth-order valence-corrected chi connectivity index (χ4v) is 2.37. The van der Waals surface area contributed by atoms with Gasteiger partial charge < -0.3 is 9.47 Å². The molecule has 3 nitrogen and oxygen atoms in total. The molecule has 0 bridgehead atoms. The molecule has 2 atom stereocenters. The Labute approximate surface area is 106 Å². The number of ether oxygens (including phenoxy) is 2. The van der Waals surface area contributed by atoms with E-state index in [0.717, 1.165) is 6.42 Å². The van der Waals surface area contributed by atoms with E-state index in [9.17, 15) is 9.18 Å². The lowest BCUT2D eigenvalue weighted by molar-refractivity contribution is 0.0686. The second-order valence-corrected chi connectivity index (χ2v) is 4.42. The average Bonchev–Trinajstić information content (AvgIpc) is 2.86. The van der Waals surface area contributed by atoms with Crippen LogP contribution in [0.4, 0.5) is 4.39 Å². The highest BCUT2D eigenvalue weighted by Gasteiger charge is 2.34. The summed E-state index contributed by atoms with van der Waals surface area (Å²) in [7, 11) is 1.47. The van der Waals surface area contributed by atoms with Gasteiger partial charge in [-0.1, -0.05) is 6.92 Å². The minimum absolute atomic E-state index is 0.0843. The number of carbonyl (C=O) groups is 1. The summed E-state index contributed by atoms with van der Waals surface area (Å²) in [6, 6.07) is 4.33. The number of carbonyl (C=O) groups excluding carboxylic acids is 1. The molecule has 0 amide bonds. The molecule has 0 aromatic heterocycles. The third-order valence-electron chi connectivity index (χ3n) is 3.39. The van der Waals surface area contributed by atoms with Crippen molar-refractivity contribution in [2.75, 3.05) is 13.7 Å². The van der Waals surface area contributed by atoms with Crippen LogP contribution in [0.3, 0.4) is 0 Å². The van der Waals surface area contributed by atoms with Crippen molar-refractivity contribution in [1.29, 1.82) is 0 Å². The van der Waals surface area contributed by atoms with E-state index < -0.39 is 5.82 Å². The topological polar surface area (TPSA) is 35.5 Å². The van der Waals surface area contributed by atoms with Gasteiger partial charge in [0.1, 0.15) is 11.6 Å². The largest absolute Gasteiger partial charge is 0.497 e. The molecule has 1 aliphatic heterocycles. The van der Waals surface area contributed by atoms with E-state index in [0.29, 0.717) is 18.8 Å². The molecule has 1 heterocycles. The van der Waals surface area contributed by atoms with Gasteiger partial charge in [-0.25, -0.2) is 4.39 Å². The number of ketones is 1. The van der Waals surface area contributed by atoms with E-state index in [4.69, 9.17) is 9.47 Å². The summed E-state index contributed by atoms with van der Waals surface area (Å²) < 4.78 is 24.2. The highest BCUT2D eigenvalue weighted by atomic mass is 19.1. The van der Waals surface area contributed by atoms with Gasteiger partial charge in [0.2, 0.25) is 0 Å². The van der Waals surface area contributed by atoms with Crippen molar-refractivity contribution in [2.45, 2.75) is 25.9 Å². The SMILES string of the molecule is CCC1OCCC1C(=O)c1ccc(OC)cc1F. The summed E-state index contributed by atoms with van der Waals surface area (Å²) in [4.78, 5) is 12.3. The number of hydrogen-bond donors (Lipinski definition) is 0. The molecule has 1 aromatic carbocycles. The van der Waals surface area contributed by atoms with E-state index in [-0.39, 0.29) is 23.4 Å². The Morgan fingerprint density at radius 3 is 2.94 bits per heavy atom. The Morgan fingerprint density at radius 2 is 2.33 bits per heavy atom. The number of hydrogen-bond acceptors (Lipinski definition) is 3. The van der Waals surface area contributed by atoms with E-state index >= 15 is 0 Å². The third-order valence-corrected chi connectivity index (χ3v) is 3.39. The Balaban J connectivity index is 2.23. The van der Waals surface area contributed by atoms with Gasteiger partial charge >= 0.3 is 0 Å². The molecular formula is C14H17FO3. The molecule has 0 radical (unpaired) electrons. The highest BCUT2D eigenvalue weighted by Crippen LogP contribution is 2.28. The summed E-state index contributed by atoms with van der Waals surface area (Å²) in [5, 5.41) is 0. The summed E-state index contributed by atoms with van der Waals surface area (Å²) >= 11 is 0. The molecule has 1 aliphatic rings. The number of methoxy groups -OCH3 is 1. The van der Waals surface area contributed by atoms with Crippen molar-refractivity contribution >= 4 is 5.78 Å². The van der Waals surface area contributed by atoms with Crippen LogP contribution in [0, 0.1) is 11.7 Å². The number of Topliss-reactive ketones (excluding diaryl/α,β-unsaturated/α-hetero) is 1. The monoisotopic (exact) mass is 252 g/mol. The van der Waals surface area contributed by atoms with Gasteiger partial charge in [0.25, 0.3) is 0 Å². The Bertz CT molecular complexity index is 445. The average molecular weight is 252 g/mol. The standard InChI is InChI=1S/C14H17FO3/c1-3-13-11(6-7-18-13)14(16)10-5-4-9(17-2)8-12(10)15/h4-5,8,11,13H,3,6-7H2,1-2H3. The van der Waals surface area contributed by atoms with Crippen LogP contribution in [-0.4, -0.2) is 25.6 Å². The minimum Gasteiger partial charge on any atom is -0.497 e. The lowest BCUT2D eigenvalue weighted by Crippen LogP contribution is -2.24. The maximum absolute atomic E-state index is 13.8. The maximum Gasteiger partial charge on any atom is 0.171 e. The van der Waals surface area contributed by atoms with Crippen LogP contribution in [0.25, 0.3) is 0 Å². The molecule has 1 saturated heterocycles. The lowest BCUT2D eigenvalue weighted by Gasteiger charge is -2.16. The zero-order valence-electron chi connectivity index (χ0n) is 10.6. The van der Waals surface area contributed by atoms with Gasteiger partial charge in [-0.15, -0.1) is 0 Å². The van der Waals surface area contributed by atoms with Gasteiger partial charge in [0.15, 0.2) is 5.78 Å². The van der Waals surface area contributed by atoms with Gasteiger partial charge in [-0.2, -0.15) is 0 Å². The van der Waals surface area contributed by atoms with Crippen LogP contribution in [-0.2, 0) is 4.74 Å². The number of benzene rings is 1. The molecular weight excluding hydrogens is 235 g/mol. The molecule has 0 aliphatic carbocycles. The Kier molecular flexibility index (Phi) is 3.97. The first-order valence-corrected chi connectivity index (χ1v) is 6.16. The zero-order valence-corrected chi connectivity index (χ0v) is 10.6. The summed E-state index contributed by atoms with van der Waals surface area (Å²) in [5.74, 6) is -0.503. The van der Waals surface area contributed by atoms with Crippen LogP contribution in [0.15, 0.2) is 18.2 Å². The van der Waals surface area contributed by atoms with Crippen LogP contribution in [0.2, 0.25) is 0 Å². The first kappa shape index (κ1) is 13.0. The molecule has 0 spiro atoms. The lowest BCUT2D eigenvalue weighted by atomic mass is 9.90. The van der Waals surface area contributed by atoms with Gasteiger partial charge in [0, 0.05) is 12.7 Å².